The zero-order valence-corrected chi connectivity index (χ0v) is 14.9. The van der Waals surface area contributed by atoms with E-state index in [4.69, 9.17) is 4.42 Å². The summed E-state index contributed by atoms with van der Waals surface area (Å²) in [4.78, 5) is 17.1. The minimum absolute atomic E-state index is 0.0782. The van der Waals surface area contributed by atoms with Gasteiger partial charge in [-0.25, -0.2) is 4.98 Å². The molecule has 3 heterocycles. The van der Waals surface area contributed by atoms with Gasteiger partial charge in [0.15, 0.2) is 5.58 Å². The molecule has 0 unspecified atom stereocenters. The number of rotatable bonds is 3. The van der Waals surface area contributed by atoms with Gasteiger partial charge in [0.1, 0.15) is 10.4 Å². The van der Waals surface area contributed by atoms with Crippen molar-refractivity contribution in [3.8, 4) is 21.2 Å². The van der Waals surface area contributed by atoms with E-state index in [0.717, 1.165) is 50.9 Å². The van der Waals surface area contributed by atoms with Gasteiger partial charge in [-0.15, -0.1) is 11.3 Å². The molecular weight excluding hydrogens is 364 g/mol. The summed E-state index contributed by atoms with van der Waals surface area (Å²) in [5.74, 6) is 0.571. The molecule has 0 spiro atoms. The van der Waals surface area contributed by atoms with Gasteiger partial charge < -0.3 is 15.1 Å². The molecule has 1 aliphatic heterocycles. The van der Waals surface area contributed by atoms with Crippen LogP contribution in [0.4, 0.5) is 17.1 Å². The lowest BCUT2D eigenvalue weighted by molar-refractivity contribution is -0.384. The Balaban J connectivity index is 1.66. The minimum Gasteiger partial charge on any atom is -0.435 e. The van der Waals surface area contributed by atoms with Gasteiger partial charge in [0.05, 0.1) is 21.2 Å². The fraction of sp³-hybridized carbons (Fsp3) is 0.105. The summed E-state index contributed by atoms with van der Waals surface area (Å²) >= 11 is 1.56. The van der Waals surface area contributed by atoms with Crippen LogP contribution in [0.1, 0.15) is 0 Å². The molecule has 0 radical (unpaired) electrons. The van der Waals surface area contributed by atoms with Crippen molar-refractivity contribution < 1.29 is 9.34 Å². The number of aromatic nitrogens is 1. The third kappa shape index (κ3) is 2.61. The van der Waals surface area contributed by atoms with Crippen molar-refractivity contribution >= 4 is 39.5 Å². The van der Waals surface area contributed by atoms with E-state index in [9.17, 15) is 10.1 Å². The molecule has 0 saturated heterocycles. The number of nitro benzene ring substituents is 1. The smallest absolute Gasteiger partial charge is 0.269 e. The van der Waals surface area contributed by atoms with Crippen molar-refractivity contribution in [1.29, 1.82) is 0 Å². The predicted octanol–water partition coefficient (Wildman–Crippen LogP) is 4.97. The average Bonchev–Trinajstić information content (AvgIpc) is 3.29. The number of nitrogens with one attached hydrogen (secondary N) is 2. The maximum absolute atomic E-state index is 10.9. The molecule has 2 aromatic heterocycles. The normalized spacial score (nSPS) is 13.0. The highest BCUT2D eigenvalue weighted by Crippen LogP contribution is 2.50. The molecule has 4 aromatic rings. The van der Waals surface area contributed by atoms with Crippen LogP contribution < -0.4 is 10.6 Å². The Kier molecular flexibility index (Phi) is 3.58. The van der Waals surface area contributed by atoms with E-state index in [1.807, 2.05) is 24.3 Å². The van der Waals surface area contributed by atoms with Gasteiger partial charge in [-0.2, -0.15) is 0 Å². The first kappa shape index (κ1) is 15.8. The Bertz CT molecular complexity index is 1130. The van der Waals surface area contributed by atoms with Crippen LogP contribution in [0.3, 0.4) is 0 Å². The molecule has 5 rings (SSSR count). The first-order chi connectivity index (χ1) is 13.2. The molecule has 8 heteroatoms. The summed E-state index contributed by atoms with van der Waals surface area (Å²) in [7, 11) is 0. The topological polar surface area (TPSA) is 93.2 Å². The highest BCUT2D eigenvalue weighted by atomic mass is 32.1. The maximum atomic E-state index is 10.9. The summed E-state index contributed by atoms with van der Waals surface area (Å²) in [6.07, 6.45) is 0. The van der Waals surface area contributed by atoms with E-state index < -0.39 is 4.92 Å². The molecule has 1 aliphatic rings. The van der Waals surface area contributed by atoms with Crippen LogP contribution in [-0.4, -0.2) is 23.0 Å². The van der Waals surface area contributed by atoms with Gasteiger partial charge in [-0.05, 0) is 29.8 Å². The zero-order chi connectivity index (χ0) is 18.4. The van der Waals surface area contributed by atoms with Gasteiger partial charge in [-0.1, -0.05) is 12.1 Å². The molecule has 2 aromatic carbocycles. The average molecular weight is 378 g/mol. The summed E-state index contributed by atoms with van der Waals surface area (Å²) in [6, 6.07) is 14.3. The third-order valence-electron chi connectivity index (χ3n) is 4.47. The van der Waals surface area contributed by atoms with Crippen molar-refractivity contribution in [2.24, 2.45) is 0 Å². The summed E-state index contributed by atoms with van der Waals surface area (Å²) in [5, 5.41) is 17.8. The second kappa shape index (κ2) is 6.10. The number of fused-ring (bicyclic) bond motifs is 2. The number of anilines is 2. The van der Waals surface area contributed by atoms with Crippen molar-refractivity contribution in [2.45, 2.75) is 0 Å². The number of nitro groups is 1. The number of nitrogens with zero attached hydrogens (tertiary/aromatic N) is 2. The van der Waals surface area contributed by atoms with Gasteiger partial charge in [0.25, 0.3) is 5.69 Å². The van der Waals surface area contributed by atoms with E-state index in [0.29, 0.717) is 5.89 Å². The minimum atomic E-state index is -0.392. The first-order valence-corrected chi connectivity index (χ1v) is 9.27. The van der Waals surface area contributed by atoms with Crippen molar-refractivity contribution in [1.82, 2.24) is 4.98 Å². The summed E-state index contributed by atoms with van der Waals surface area (Å²) in [5.41, 5.74) is 4.50. The Morgan fingerprint density at radius 2 is 1.70 bits per heavy atom. The van der Waals surface area contributed by atoms with Crippen LogP contribution in [0, 0.1) is 10.1 Å². The van der Waals surface area contributed by atoms with Gasteiger partial charge in [-0.3, -0.25) is 10.1 Å². The SMILES string of the molecule is O=[N+]([O-])c1ccc(-c2sc(-c3nc4ccccc4o3)c3c2NCCN3)cc1. The molecule has 7 nitrogen and oxygen atoms in total. The predicted molar refractivity (Wildman–Crippen MR) is 106 cm³/mol. The van der Waals surface area contributed by atoms with Crippen LogP contribution in [0.2, 0.25) is 0 Å². The number of benzene rings is 2. The monoisotopic (exact) mass is 378 g/mol. The zero-order valence-electron chi connectivity index (χ0n) is 14.1. The standard InChI is InChI=1S/C19H14N4O3S/c24-23(25)12-7-5-11(6-8-12)17-15-16(21-10-9-20-15)18(27-17)19-22-13-3-1-2-4-14(13)26-19/h1-8,20-21H,9-10H2. The maximum Gasteiger partial charge on any atom is 0.269 e. The van der Waals surface area contributed by atoms with Crippen LogP contribution in [0.15, 0.2) is 52.9 Å². The molecule has 0 fully saturated rings. The quantitative estimate of drug-likeness (QED) is 0.386. The largest absolute Gasteiger partial charge is 0.435 e. The molecule has 0 atom stereocenters. The number of para-hydroxylation sites is 2. The second-order valence-corrected chi connectivity index (χ2v) is 7.18. The molecule has 134 valence electrons. The summed E-state index contributed by atoms with van der Waals surface area (Å²) < 4.78 is 5.96. The van der Waals surface area contributed by atoms with Crippen LogP contribution in [0.5, 0.6) is 0 Å². The van der Waals surface area contributed by atoms with E-state index >= 15 is 0 Å². The van der Waals surface area contributed by atoms with Crippen molar-refractivity contribution in [3.05, 3.63) is 58.6 Å². The van der Waals surface area contributed by atoms with Gasteiger partial charge in [0.2, 0.25) is 5.89 Å². The molecule has 27 heavy (non-hydrogen) atoms. The summed E-state index contributed by atoms with van der Waals surface area (Å²) in [6.45, 7) is 1.60. The lowest BCUT2D eigenvalue weighted by Crippen LogP contribution is -2.20. The lowest BCUT2D eigenvalue weighted by atomic mass is 10.1. The second-order valence-electron chi connectivity index (χ2n) is 6.15. The fourth-order valence-electron chi connectivity index (χ4n) is 3.20. The van der Waals surface area contributed by atoms with Gasteiger partial charge >= 0.3 is 0 Å². The molecule has 0 bridgehead atoms. The Labute approximate surface area is 157 Å². The molecular formula is C19H14N4O3S. The number of hydrogen-bond donors (Lipinski definition) is 2. The van der Waals surface area contributed by atoms with E-state index in [1.54, 1.807) is 23.5 Å². The molecule has 0 amide bonds. The number of oxazole rings is 1. The van der Waals surface area contributed by atoms with Gasteiger partial charge in [0, 0.05) is 25.2 Å². The highest BCUT2D eigenvalue weighted by Gasteiger charge is 2.25. The lowest BCUT2D eigenvalue weighted by Gasteiger charge is -2.18. The number of thiophene rings is 1. The highest BCUT2D eigenvalue weighted by molar-refractivity contribution is 7.20. The third-order valence-corrected chi connectivity index (χ3v) is 5.69. The molecule has 0 saturated carbocycles. The van der Waals surface area contributed by atoms with E-state index in [-0.39, 0.29) is 5.69 Å². The van der Waals surface area contributed by atoms with Crippen LogP contribution in [-0.2, 0) is 0 Å². The van der Waals surface area contributed by atoms with Crippen LogP contribution >= 0.6 is 11.3 Å². The first-order valence-electron chi connectivity index (χ1n) is 8.46. The van der Waals surface area contributed by atoms with E-state index in [1.165, 1.54) is 12.1 Å². The van der Waals surface area contributed by atoms with Crippen molar-refractivity contribution in [3.63, 3.8) is 0 Å². The molecule has 2 N–H and O–H groups in total. The number of non-ortho nitro benzene ring substituents is 1. The fourth-order valence-corrected chi connectivity index (χ4v) is 4.39. The Morgan fingerprint density at radius 3 is 2.41 bits per heavy atom. The van der Waals surface area contributed by atoms with Crippen LogP contribution in [0.25, 0.3) is 32.3 Å². The van der Waals surface area contributed by atoms with Crippen molar-refractivity contribution in [2.75, 3.05) is 23.7 Å². The molecule has 0 aliphatic carbocycles. The van der Waals surface area contributed by atoms with E-state index in [2.05, 4.69) is 15.6 Å². The Morgan fingerprint density at radius 1 is 1.00 bits per heavy atom. The number of hydrogen-bond acceptors (Lipinski definition) is 7. The Hall–Kier alpha value is -3.39.